The van der Waals surface area contributed by atoms with E-state index >= 15 is 0 Å². The zero-order valence-electron chi connectivity index (χ0n) is 6.01. The minimum atomic E-state index is -0.380. The van der Waals surface area contributed by atoms with E-state index in [9.17, 15) is 4.39 Å². The fraction of sp³-hybridized carbons (Fsp3) is 0.500. The van der Waals surface area contributed by atoms with Crippen molar-refractivity contribution in [2.45, 2.75) is 6.54 Å². The van der Waals surface area contributed by atoms with Crippen molar-refractivity contribution in [3.05, 3.63) is 16.3 Å². The summed E-state index contributed by atoms with van der Waals surface area (Å²) in [6.07, 6.45) is 1.53. The normalized spacial score (nSPS) is 10.4. The van der Waals surface area contributed by atoms with Crippen LogP contribution in [0.3, 0.4) is 0 Å². The molecule has 3 N–H and O–H groups in total. The van der Waals surface area contributed by atoms with Gasteiger partial charge in [-0.3, -0.25) is 0 Å². The first kappa shape index (κ1) is 8.58. The summed E-state index contributed by atoms with van der Waals surface area (Å²) in [5, 5.41) is 2.66. The Bertz CT molecular complexity index is 213. The zero-order valence-corrected chi connectivity index (χ0v) is 6.83. The van der Waals surface area contributed by atoms with Crippen LogP contribution in [0.15, 0.2) is 6.20 Å². The summed E-state index contributed by atoms with van der Waals surface area (Å²) >= 11 is 1.06. The Morgan fingerprint density at radius 1 is 1.73 bits per heavy atom. The Hall–Kier alpha value is -0.520. The van der Waals surface area contributed by atoms with Gasteiger partial charge in [-0.25, -0.2) is 4.98 Å². The summed E-state index contributed by atoms with van der Waals surface area (Å²) in [5.74, 6) is 0. The summed E-state index contributed by atoms with van der Waals surface area (Å²) in [7, 11) is 0. The predicted molar refractivity (Wildman–Crippen MR) is 42.8 cm³/mol. The number of nitrogens with zero attached hydrogens (tertiary/aromatic N) is 1. The van der Waals surface area contributed by atoms with E-state index in [1.807, 2.05) is 0 Å². The Labute approximate surface area is 68.4 Å². The lowest BCUT2D eigenvalue weighted by Gasteiger charge is -1.97. The van der Waals surface area contributed by atoms with Crippen molar-refractivity contribution in [3.63, 3.8) is 0 Å². The molecule has 1 aromatic rings. The van der Waals surface area contributed by atoms with Crippen molar-refractivity contribution in [3.8, 4) is 0 Å². The molecule has 0 unspecified atom stereocenters. The molecule has 0 saturated heterocycles. The molecule has 0 amide bonds. The minimum Gasteiger partial charge on any atom is -0.329 e. The molecule has 0 spiro atoms. The predicted octanol–water partition coefficient (Wildman–Crippen LogP) is 0.330. The van der Waals surface area contributed by atoms with Gasteiger partial charge in [-0.15, -0.1) is 0 Å². The lowest BCUT2D eigenvalue weighted by atomic mass is 10.5. The quantitative estimate of drug-likeness (QED) is 0.648. The molecule has 1 heterocycles. The summed E-state index contributed by atoms with van der Waals surface area (Å²) in [5.41, 5.74) is 5.25. The molecule has 0 aliphatic rings. The first-order valence-electron chi connectivity index (χ1n) is 3.34. The number of nitrogens with two attached hydrogens (primary N) is 1. The van der Waals surface area contributed by atoms with Crippen molar-refractivity contribution in [1.29, 1.82) is 0 Å². The van der Waals surface area contributed by atoms with Gasteiger partial charge in [0.05, 0.1) is 0 Å². The maximum Gasteiger partial charge on any atom is 0.269 e. The fourth-order valence-electron chi connectivity index (χ4n) is 0.679. The highest BCUT2D eigenvalue weighted by molar-refractivity contribution is 7.09. The molecule has 0 saturated carbocycles. The number of rotatable bonds is 4. The van der Waals surface area contributed by atoms with Crippen molar-refractivity contribution in [2.24, 2.45) is 5.73 Å². The number of hydrogen-bond acceptors (Lipinski definition) is 4. The SMILES string of the molecule is NCCNCc1cnc(F)s1. The molecule has 0 atom stereocenters. The molecule has 5 heteroatoms. The van der Waals surface area contributed by atoms with Crippen LogP contribution in [0.2, 0.25) is 0 Å². The lowest BCUT2D eigenvalue weighted by molar-refractivity contribution is 0.617. The molecule has 0 fully saturated rings. The summed E-state index contributed by atoms with van der Waals surface area (Å²) in [4.78, 5) is 4.37. The van der Waals surface area contributed by atoms with Crippen LogP contribution in [0.4, 0.5) is 4.39 Å². The van der Waals surface area contributed by atoms with Crippen LogP contribution in [0.1, 0.15) is 4.88 Å². The van der Waals surface area contributed by atoms with Crippen molar-refractivity contribution >= 4 is 11.3 Å². The Morgan fingerprint density at radius 2 is 2.55 bits per heavy atom. The highest BCUT2D eigenvalue weighted by Crippen LogP contribution is 2.09. The average Bonchev–Trinajstić information content (AvgIpc) is 2.37. The van der Waals surface area contributed by atoms with Crippen LogP contribution in [0, 0.1) is 5.26 Å². The van der Waals surface area contributed by atoms with E-state index in [0.717, 1.165) is 22.8 Å². The standard InChI is InChI=1S/C6H10FN3S/c7-6-10-4-5(11-6)3-9-2-1-8/h4,9H,1-3,8H2. The zero-order chi connectivity index (χ0) is 8.10. The highest BCUT2D eigenvalue weighted by Gasteiger charge is 1.98. The maximum atomic E-state index is 12.3. The monoisotopic (exact) mass is 175 g/mol. The third kappa shape index (κ3) is 2.92. The lowest BCUT2D eigenvalue weighted by Crippen LogP contribution is -2.21. The van der Waals surface area contributed by atoms with Gasteiger partial charge in [0.2, 0.25) is 0 Å². The Balaban J connectivity index is 2.27. The van der Waals surface area contributed by atoms with E-state index in [-0.39, 0.29) is 5.26 Å². The molecule has 62 valence electrons. The summed E-state index contributed by atoms with van der Waals surface area (Å²) < 4.78 is 12.3. The van der Waals surface area contributed by atoms with Gasteiger partial charge in [-0.05, 0) is 0 Å². The third-order valence-corrected chi connectivity index (χ3v) is 1.93. The highest BCUT2D eigenvalue weighted by atomic mass is 32.1. The molecule has 0 bridgehead atoms. The van der Waals surface area contributed by atoms with E-state index < -0.39 is 0 Å². The van der Waals surface area contributed by atoms with Gasteiger partial charge in [-0.1, -0.05) is 11.3 Å². The smallest absolute Gasteiger partial charge is 0.269 e. The van der Waals surface area contributed by atoms with Gasteiger partial charge in [0.15, 0.2) is 0 Å². The van der Waals surface area contributed by atoms with Crippen molar-refractivity contribution in [1.82, 2.24) is 10.3 Å². The van der Waals surface area contributed by atoms with Gasteiger partial charge >= 0.3 is 0 Å². The van der Waals surface area contributed by atoms with Gasteiger partial charge in [-0.2, -0.15) is 4.39 Å². The second-order valence-electron chi connectivity index (χ2n) is 2.04. The van der Waals surface area contributed by atoms with Crippen LogP contribution >= 0.6 is 11.3 Å². The van der Waals surface area contributed by atoms with Crippen molar-refractivity contribution in [2.75, 3.05) is 13.1 Å². The number of halogens is 1. The Morgan fingerprint density at radius 3 is 3.09 bits per heavy atom. The second kappa shape index (κ2) is 4.38. The summed E-state index contributed by atoms with van der Waals surface area (Å²) in [6, 6.07) is 0. The molecule has 1 aromatic heterocycles. The second-order valence-corrected chi connectivity index (χ2v) is 3.11. The average molecular weight is 175 g/mol. The first-order valence-corrected chi connectivity index (χ1v) is 4.15. The van der Waals surface area contributed by atoms with E-state index in [2.05, 4.69) is 10.3 Å². The molecular weight excluding hydrogens is 165 g/mol. The third-order valence-electron chi connectivity index (χ3n) is 1.15. The van der Waals surface area contributed by atoms with Gasteiger partial charge in [0.1, 0.15) is 0 Å². The van der Waals surface area contributed by atoms with E-state index in [0.29, 0.717) is 13.1 Å². The molecule has 0 aromatic carbocycles. The van der Waals surface area contributed by atoms with Gasteiger partial charge in [0, 0.05) is 30.7 Å². The summed E-state index contributed by atoms with van der Waals surface area (Å²) in [6.45, 7) is 2.00. The van der Waals surface area contributed by atoms with Gasteiger partial charge < -0.3 is 11.1 Å². The number of aromatic nitrogens is 1. The molecule has 3 nitrogen and oxygen atoms in total. The van der Waals surface area contributed by atoms with Crippen LogP contribution < -0.4 is 11.1 Å². The molecule has 1 rings (SSSR count). The van der Waals surface area contributed by atoms with Gasteiger partial charge in [0.25, 0.3) is 5.26 Å². The Kier molecular flexibility index (Phi) is 3.41. The molecule has 0 radical (unpaired) electrons. The van der Waals surface area contributed by atoms with Crippen molar-refractivity contribution < 1.29 is 4.39 Å². The first-order chi connectivity index (χ1) is 5.33. The minimum absolute atomic E-state index is 0.380. The molecule has 0 aliphatic heterocycles. The van der Waals surface area contributed by atoms with Crippen LogP contribution in [0.25, 0.3) is 0 Å². The van der Waals surface area contributed by atoms with Crippen LogP contribution in [-0.4, -0.2) is 18.1 Å². The maximum absolute atomic E-state index is 12.3. The van der Waals surface area contributed by atoms with E-state index in [1.165, 1.54) is 6.20 Å². The fourth-order valence-corrected chi connectivity index (χ4v) is 1.28. The molecular formula is C6H10FN3S. The van der Waals surface area contributed by atoms with Crippen LogP contribution in [-0.2, 0) is 6.54 Å². The molecule has 0 aliphatic carbocycles. The topological polar surface area (TPSA) is 50.9 Å². The molecule has 11 heavy (non-hydrogen) atoms. The number of thiazole rings is 1. The number of hydrogen-bond donors (Lipinski definition) is 2. The van der Waals surface area contributed by atoms with E-state index in [1.54, 1.807) is 0 Å². The van der Waals surface area contributed by atoms with E-state index in [4.69, 9.17) is 5.73 Å². The number of nitrogens with one attached hydrogen (secondary N) is 1. The largest absolute Gasteiger partial charge is 0.329 e. The van der Waals surface area contributed by atoms with Crippen LogP contribution in [0.5, 0.6) is 0 Å².